The lowest BCUT2D eigenvalue weighted by Gasteiger charge is -2.30. The van der Waals surface area contributed by atoms with E-state index in [1.165, 1.54) is 11.9 Å². The molecule has 3 aromatic rings. The fourth-order valence-electron chi connectivity index (χ4n) is 3.55. The zero-order valence-corrected chi connectivity index (χ0v) is 17.6. The zero-order valence-electron chi connectivity index (χ0n) is 16.1. The second kappa shape index (κ2) is 7.98. The van der Waals surface area contributed by atoms with E-state index in [0.29, 0.717) is 47.9 Å². The molecule has 0 aliphatic carbocycles. The van der Waals surface area contributed by atoms with Crippen molar-refractivity contribution >= 4 is 38.6 Å². The van der Waals surface area contributed by atoms with Gasteiger partial charge in [0.15, 0.2) is 11.5 Å². The lowest BCUT2D eigenvalue weighted by atomic mass is 9.96. The van der Waals surface area contributed by atoms with Crippen molar-refractivity contribution in [2.24, 2.45) is 0 Å². The molecule has 1 aromatic heterocycles. The number of likely N-dealkylation sites (tertiary alicyclic amines) is 1. The maximum absolute atomic E-state index is 14.3. The van der Waals surface area contributed by atoms with Gasteiger partial charge in [-0.1, -0.05) is 11.6 Å². The van der Waals surface area contributed by atoms with Gasteiger partial charge in [0.2, 0.25) is 10.0 Å². The van der Waals surface area contributed by atoms with E-state index < -0.39 is 21.7 Å². The molecular weight excluding hydrogens is 433 g/mol. The summed E-state index contributed by atoms with van der Waals surface area (Å²) < 4.78 is 46.2. The maximum atomic E-state index is 14.3. The molecule has 1 aliphatic rings. The number of fused-ring (bicyclic) bond motifs is 1. The van der Waals surface area contributed by atoms with E-state index in [0.717, 1.165) is 18.2 Å². The molecule has 0 bridgehead atoms. The van der Waals surface area contributed by atoms with Gasteiger partial charge >= 0.3 is 0 Å². The number of piperidine rings is 1. The average Bonchev–Trinajstić information content (AvgIpc) is 3.16. The fourth-order valence-corrected chi connectivity index (χ4v) is 4.47. The third kappa shape index (κ3) is 3.92. The Hall–Kier alpha value is -2.49. The molecule has 7 nitrogen and oxygen atoms in total. The van der Waals surface area contributed by atoms with Crippen LogP contribution in [0, 0.1) is 5.82 Å². The first kappa shape index (κ1) is 20.8. The number of hydrogen-bond acceptors (Lipinski definition) is 5. The van der Waals surface area contributed by atoms with Gasteiger partial charge in [0.1, 0.15) is 11.3 Å². The van der Waals surface area contributed by atoms with Crippen LogP contribution in [0.2, 0.25) is 5.02 Å². The van der Waals surface area contributed by atoms with E-state index in [1.807, 2.05) is 0 Å². The van der Waals surface area contributed by atoms with E-state index in [-0.39, 0.29) is 16.4 Å². The van der Waals surface area contributed by atoms with Crippen molar-refractivity contribution in [3.63, 3.8) is 0 Å². The molecule has 2 heterocycles. The summed E-state index contributed by atoms with van der Waals surface area (Å²) >= 11 is 5.99. The Balaban J connectivity index is 1.50. The second-order valence-corrected chi connectivity index (χ2v) is 9.40. The van der Waals surface area contributed by atoms with Gasteiger partial charge in [0.25, 0.3) is 5.91 Å². The molecule has 1 saturated heterocycles. The van der Waals surface area contributed by atoms with Gasteiger partial charge in [-0.3, -0.25) is 4.79 Å². The maximum Gasteiger partial charge on any atom is 0.256 e. The van der Waals surface area contributed by atoms with Crippen LogP contribution in [0.1, 0.15) is 35.0 Å². The summed E-state index contributed by atoms with van der Waals surface area (Å²) in [5.41, 5.74) is 1.07. The van der Waals surface area contributed by atoms with Gasteiger partial charge in [0.05, 0.1) is 10.5 Å². The van der Waals surface area contributed by atoms with Gasteiger partial charge in [-0.2, -0.15) is 0 Å². The van der Waals surface area contributed by atoms with Crippen LogP contribution in [0.15, 0.2) is 45.7 Å². The van der Waals surface area contributed by atoms with E-state index in [1.54, 1.807) is 18.2 Å². The molecule has 1 fully saturated rings. The molecule has 1 N–H and O–H groups in total. The molecule has 1 amide bonds. The highest BCUT2D eigenvalue weighted by atomic mass is 35.5. The molecule has 158 valence electrons. The average molecular weight is 452 g/mol. The third-order valence-electron chi connectivity index (χ3n) is 5.24. The van der Waals surface area contributed by atoms with E-state index in [9.17, 15) is 17.6 Å². The number of carbonyl (C=O) groups is 1. The Morgan fingerprint density at radius 2 is 1.97 bits per heavy atom. The van der Waals surface area contributed by atoms with Crippen LogP contribution >= 0.6 is 11.6 Å². The van der Waals surface area contributed by atoms with Crippen LogP contribution in [0.4, 0.5) is 4.39 Å². The number of halogens is 2. The molecule has 1 aliphatic heterocycles. The summed E-state index contributed by atoms with van der Waals surface area (Å²) in [5, 5.41) is 0.576. The van der Waals surface area contributed by atoms with Gasteiger partial charge < -0.3 is 9.32 Å². The first-order valence-corrected chi connectivity index (χ1v) is 11.2. The number of aromatic nitrogens is 1. The molecule has 0 saturated carbocycles. The van der Waals surface area contributed by atoms with Crippen LogP contribution < -0.4 is 4.72 Å². The summed E-state index contributed by atoms with van der Waals surface area (Å²) in [6, 6.07) is 8.42. The van der Waals surface area contributed by atoms with Crippen molar-refractivity contribution in [1.82, 2.24) is 14.6 Å². The zero-order chi connectivity index (χ0) is 21.5. The molecular formula is C20H19ClFN3O4S. The molecule has 4 rings (SSSR count). The SMILES string of the molecule is CNS(=O)(=O)c1ccc(F)c(C(=O)N2CCC(c3nc4cc(Cl)ccc4o3)CC2)c1. The molecule has 10 heteroatoms. The van der Waals surface area contributed by atoms with Gasteiger partial charge in [0, 0.05) is 24.0 Å². The largest absolute Gasteiger partial charge is 0.440 e. The quantitative estimate of drug-likeness (QED) is 0.654. The number of sulfonamides is 1. The smallest absolute Gasteiger partial charge is 0.256 e. The van der Waals surface area contributed by atoms with Crippen molar-refractivity contribution in [2.75, 3.05) is 20.1 Å². The minimum atomic E-state index is -3.78. The van der Waals surface area contributed by atoms with Crippen LogP contribution in [0.5, 0.6) is 0 Å². The normalized spacial score (nSPS) is 15.6. The third-order valence-corrected chi connectivity index (χ3v) is 6.89. The summed E-state index contributed by atoms with van der Waals surface area (Å²) in [5.74, 6) is -0.676. The number of nitrogens with one attached hydrogen (secondary N) is 1. The van der Waals surface area contributed by atoms with Crippen molar-refractivity contribution in [1.29, 1.82) is 0 Å². The minimum Gasteiger partial charge on any atom is -0.440 e. The Labute approximate surface area is 177 Å². The first-order valence-electron chi connectivity index (χ1n) is 9.37. The van der Waals surface area contributed by atoms with Crippen LogP contribution in [0.3, 0.4) is 0 Å². The van der Waals surface area contributed by atoms with Gasteiger partial charge in [-0.05, 0) is 56.3 Å². The summed E-state index contributed by atoms with van der Waals surface area (Å²) in [6.45, 7) is 0.761. The Kier molecular flexibility index (Phi) is 5.52. The Morgan fingerprint density at radius 1 is 1.23 bits per heavy atom. The van der Waals surface area contributed by atoms with Crippen molar-refractivity contribution in [3.8, 4) is 0 Å². The van der Waals surface area contributed by atoms with Gasteiger partial charge in [-0.25, -0.2) is 22.5 Å². The fraction of sp³-hybridized carbons (Fsp3) is 0.300. The molecule has 0 spiro atoms. The van der Waals surface area contributed by atoms with Crippen molar-refractivity contribution < 1.29 is 22.0 Å². The predicted octanol–water partition coefficient (Wildman–Crippen LogP) is 3.55. The van der Waals surface area contributed by atoms with Crippen LogP contribution in [-0.2, 0) is 10.0 Å². The number of carbonyl (C=O) groups excluding carboxylic acids is 1. The number of amides is 1. The lowest BCUT2D eigenvalue weighted by molar-refractivity contribution is 0.0701. The highest BCUT2D eigenvalue weighted by molar-refractivity contribution is 7.89. The molecule has 0 radical (unpaired) electrons. The lowest BCUT2D eigenvalue weighted by Crippen LogP contribution is -2.38. The summed E-state index contributed by atoms with van der Waals surface area (Å²) in [4.78, 5) is 18.7. The number of oxazole rings is 1. The number of benzene rings is 2. The number of nitrogens with zero attached hydrogens (tertiary/aromatic N) is 2. The van der Waals surface area contributed by atoms with Crippen LogP contribution in [0.25, 0.3) is 11.1 Å². The second-order valence-electron chi connectivity index (χ2n) is 7.08. The molecule has 2 aromatic carbocycles. The standard InChI is InChI=1S/C20H19ClFN3O4S/c1-23-30(27,28)14-3-4-16(22)15(11-14)20(26)25-8-6-12(7-9-25)19-24-17-10-13(21)2-5-18(17)29-19/h2-5,10-12,23H,6-9H2,1H3. The monoisotopic (exact) mass is 451 g/mol. The Bertz CT molecular complexity index is 1220. The molecule has 30 heavy (non-hydrogen) atoms. The van der Waals surface area contributed by atoms with E-state index >= 15 is 0 Å². The number of hydrogen-bond donors (Lipinski definition) is 1. The Morgan fingerprint density at radius 3 is 2.67 bits per heavy atom. The van der Waals surface area contributed by atoms with Crippen LogP contribution in [-0.4, -0.2) is 44.3 Å². The first-order chi connectivity index (χ1) is 14.3. The minimum absolute atomic E-state index is 0.0288. The highest BCUT2D eigenvalue weighted by Gasteiger charge is 2.29. The summed E-state index contributed by atoms with van der Waals surface area (Å²) in [6.07, 6.45) is 1.20. The summed E-state index contributed by atoms with van der Waals surface area (Å²) in [7, 11) is -2.52. The predicted molar refractivity (Wildman–Crippen MR) is 110 cm³/mol. The van der Waals surface area contributed by atoms with E-state index in [4.69, 9.17) is 16.0 Å². The highest BCUT2D eigenvalue weighted by Crippen LogP contribution is 2.31. The van der Waals surface area contributed by atoms with Crippen molar-refractivity contribution in [2.45, 2.75) is 23.7 Å². The molecule has 0 unspecified atom stereocenters. The molecule has 0 atom stereocenters. The van der Waals surface area contributed by atoms with E-state index in [2.05, 4.69) is 9.71 Å². The van der Waals surface area contributed by atoms with Gasteiger partial charge in [-0.15, -0.1) is 0 Å². The topological polar surface area (TPSA) is 92.5 Å². The number of rotatable bonds is 4. The van der Waals surface area contributed by atoms with Crippen molar-refractivity contribution in [3.05, 3.63) is 58.7 Å².